The summed E-state index contributed by atoms with van der Waals surface area (Å²) in [6, 6.07) is -0.0924. The third-order valence-corrected chi connectivity index (χ3v) is 6.06. The molecule has 6 nitrogen and oxygen atoms in total. The van der Waals surface area contributed by atoms with Crippen LogP contribution in [0.25, 0.3) is 0 Å². The van der Waals surface area contributed by atoms with Gasteiger partial charge in [0.1, 0.15) is 0 Å². The molecule has 7 heteroatoms. The second-order valence-corrected chi connectivity index (χ2v) is 7.93. The highest BCUT2D eigenvalue weighted by Gasteiger charge is 2.34. The van der Waals surface area contributed by atoms with Crippen molar-refractivity contribution in [2.75, 3.05) is 31.5 Å². The van der Waals surface area contributed by atoms with E-state index in [1.54, 1.807) is 0 Å². The maximum atomic E-state index is 12.5. The molecular weight excluding hydrogens is 324 g/mol. The minimum Gasteiger partial charge on any atom is -0.341 e. The highest BCUT2D eigenvalue weighted by molar-refractivity contribution is 7.13. The largest absolute Gasteiger partial charge is 0.341 e. The van der Waals surface area contributed by atoms with Crippen LogP contribution < -0.4 is 5.32 Å². The number of anilines is 1. The van der Waals surface area contributed by atoms with Crippen LogP contribution in [0, 0.1) is 5.92 Å². The maximum absolute atomic E-state index is 12.5. The fourth-order valence-electron chi connectivity index (χ4n) is 3.34. The van der Waals surface area contributed by atoms with Crippen molar-refractivity contribution >= 4 is 28.4 Å². The van der Waals surface area contributed by atoms with Crippen molar-refractivity contribution in [2.45, 2.75) is 44.4 Å². The molecule has 3 aliphatic rings. The molecule has 4 rings (SSSR count). The molecule has 0 aromatic carbocycles. The molecule has 3 amide bonds. The van der Waals surface area contributed by atoms with Gasteiger partial charge in [0.25, 0.3) is 0 Å². The number of amides is 3. The molecule has 1 N–H and O–H groups in total. The average Bonchev–Trinajstić information content (AvgIpc) is 3.31. The zero-order chi connectivity index (χ0) is 16.5. The lowest BCUT2D eigenvalue weighted by Crippen LogP contribution is -2.39. The molecule has 3 fully saturated rings. The maximum Gasteiger partial charge on any atom is 0.323 e. The third kappa shape index (κ3) is 3.41. The topological polar surface area (TPSA) is 65.5 Å². The Balaban J connectivity index is 1.30. The van der Waals surface area contributed by atoms with Crippen LogP contribution in [0.2, 0.25) is 0 Å². The summed E-state index contributed by atoms with van der Waals surface area (Å²) in [7, 11) is 0. The molecule has 0 spiro atoms. The van der Waals surface area contributed by atoms with Crippen molar-refractivity contribution < 1.29 is 9.59 Å². The first-order valence-electron chi connectivity index (χ1n) is 9.01. The van der Waals surface area contributed by atoms with Gasteiger partial charge >= 0.3 is 6.03 Å². The molecule has 2 aliphatic carbocycles. The van der Waals surface area contributed by atoms with E-state index in [1.807, 2.05) is 9.80 Å². The van der Waals surface area contributed by atoms with Crippen LogP contribution in [0.4, 0.5) is 9.93 Å². The van der Waals surface area contributed by atoms with Crippen LogP contribution in [-0.4, -0.2) is 52.9 Å². The minimum atomic E-state index is -0.0924. The van der Waals surface area contributed by atoms with E-state index < -0.39 is 0 Å². The van der Waals surface area contributed by atoms with Gasteiger partial charge in [-0.25, -0.2) is 9.78 Å². The van der Waals surface area contributed by atoms with Gasteiger partial charge < -0.3 is 9.80 Å². The molecule has 1 aliphatic heterocycles. The van der Waals surface area contributed by atoms with Crippen molar-refractivity contribution in [3.63, 3.8) is 0 Å². The van der Waals surface area contributed by atoms with E-state index in [-0.39, 0.29) is 17.9 Å². The lowest BCUT2D eigenvalue weighted by atomic mass is 9.83. The van der Waals surface area contributed by atoms with Gasteiger partial charge in [0.15, 0.2) is 5.13 Å². The summed E-state index contributed by atoms with van der Waals surface area (Å²) in [6.45, 7) is 2.71. The van der Waals surface area contributed by atoms with Crippen LogP contribution >= 0.6 is 11.3 Å². The van der Waals surface area contributed by atoms with Gasteiger partial charge in [0.05, 0.1) is 5.69 Å². The molecule has 0 radical (unpaired) electrons. The number of carbonyl (C=O) groups excluding carboxylic acids is 2. The summed E-state index contributed by atoms with van der Waals surface area (Å²) in [5.41, 5.74) is 1.12. The molecule has 2 saturated carbocycles. The second kappa shape index (κ2) is 6.70. The number of hydrogen-bond donors (Lipinski definition) is 1. The van der Waals surface area contributed by atoms with Gasteiger partial charge in [0.2, 0.25) is 5.91 Å². The first-order valence-corrected chi connectivity index (χ1v) is 9.89. The standard InChI is InChI=1S/C17H24N4O2S/c22-15(13-5-6-13)20-7-2-8-21(10-9-20)17(23)19-16-18-14(11-24-16)12-3-1-4-12/h11-13H,1-10H2,(H,18,19,23). The molecular formula is C17H24N4O2S. The van der Waals surface area contributed by atoms with Gasteiger partial charge in [-0.2, -0.15) is 0 Å². The Bertz CT molecular complexity index is 624. The Morgan fingerprint density at radius 2 is 1.79 bits per heavy atom. The fraction of sp³-hybridized carbons (Fsp3) is 0.706. The first kappa shape index (κ1) is 15.9. The van der Waals surface area contributed by atoms with Gasteiger partial charge in [-0.1, -0.05) is 6.42 Å². The predicted molar refractivity (Wildman–Crippen MR) is 93.2 cm³/mol. The zero-order valence-corrected chi connectivity index (χ0v) is 14.7. The van der Waals surface area contributed by atoms with E-state index in [1.165, 1.54) is 30.6 Å². The van der Waals surface area contributed by atoms with Crippen LogP contribution in [-0.2, 0) is 4.79 Å². The van der Waals surface area contributed by atoms with E-state index in [2.05, 4.69) is 15.7 Å². The van der Waals surface area contributed by atoms with E-state index in [0.717, 1.165) is 31.5 Å². The van der Waals surface area contributed by atoms with Gasteiger partial charge in [-0.15, -0.1) is 11.3 Å². The van der Waals surface area contributed by atoms with E-state index in [0.29, 0.717) is 30.7 Å². The highest BCUT2D eigenvalue weighted by Crippen LogP contribution is 2.37. The Labute approximate surface area is 146 Å². The van der Waals surface area contributed by atoms with Crippen LogP contribution in [0.1, 0.15) is 50.1 Å². The molecule has 130 valence electrons. The quantitative estimate of drug-likeness (QED) is 0.913. The second-order valence-electron chi connectivity index (χ2n) is 7.08. The summed E-state index contributed by atoms with van der Waals surface area (Å²) in [5, 5.41) is 5.69. The van der Waals surface area contributed by atoms with E-state index in [4.69, 9.17) is 0 Å². The molecule has 0 atom stereocenters. The summed E-state index contributed by atoms with van der Waals surface area (Å²) >= 11 is 1.51. The lowest BCUT2D eigenvalue weighted by molar-refractivity contribution is -0.132. The fourth-order valence-corrected chi connectivity index (χ4v) is 4.12. The monoisotopic (exact) mass is 348 g/mol. The summed E-state index contributed by atoms with van der Waals surface area (Å²) in [6.07, 6.45) is 6.63. The molecule has 1 aromatic rings. The molecule has 24 heavy (non-hydrogen) atoms. The number of thiazole rings is 1. The average molecular weight is 348 g/mol. The number of aromatic nitrogens is 1. The number of nitrogens with zero attached hydrogens (tertiary/aromatic N) is 3. The number of urea groups is 1. The van der Waals surface area contributed by atoms with Gasteiger partial charge in [-0.3, -0.25) is 10.1 Å². The Kier molecular flexibility index (Phi) is 4.43. The summed E-state index contributed by atoms with van der Waals surface area (Å²) in [5.74, 6) is 1.13. The van der Waals surface area contributed by atoms with Crippen molar-refractivity contribution in [3.05, 3.63) is 11.1 Å². The molecule has 0 unspecified atom stereocenters. The Morgan fingerprint density at radius 3 is 2.50 bits per heavy atom. The van der Waals surface area contributed by atoms with Gasteiger partial charge in [0, 0.05) is 43.4 Å². The van der Waals surface area contributed by atoms with Gasteiger partial charge in [-0.05, 0) is 32.1 Å². The lowest BCUT2D eigenvalue weighted by Gasteiger charge is -2.23. The van der Waals surface area contributed by atoms with E-state index in [9.17, 15) is 9.59 Å². The Morgan fingerprint density at radius 1 is 1.04 bits per heavy atom. The smallest absolute Gasteiger partial charge is 0.323 e. The van der Waals surface area contributed by atoms with Crippen LogP contribution in [0.5, 0.6) is 0 Å². The van der Waals surface area contributed by atoms with Crippen LogP contribution in [0.15, 0.2) is 5.38 Å². The van der Waals surface area contributed by atoms with Crippen molar-refractivity contribution in [1.82, 2.24) is 14.8 Å². The molecule has 0 bridgehead atoms. The Hall–Kier alpha value is -1.63. The summed E-state index contributed by atoms with van der Waals surface area (Å²) < 4.78 is 0. The predicted octanol–water partition coefficient (Wildman–Crippen LogP) is 2.89. The number of nitrogens with one attached hydrogen (secondary N) is 1. The van der Waals surface area contributed by atoms with Crippen LogP contribution in [0.3, 0.4) is 0 Å². The van der Waals surface area contributed by atoms with E-state index >= 15 is 0 Å². The first-order chi connectivity index (χ1) is 11.7. The van der Waals surface area contributed by atoms with Crippen molar-refractivity contribution in [2.24, 2.45) is 5.92 Å². The molecule has 2 heterocycles. The molecule has 1 saturated heterocycles. The molecule has 1 aromatic heterocycles. The van der Waals surface area contributed by atoms with Crippen molar-refractivity contribution in [3.8, 4) is 0 Å². The third-order valence-electron chi connectivity index (χ3n) is 5.28. The number of hydrogen-bond acceptors (Lipinski definition) is 4. The zero-order valence-electron chi connectivity index (χ0n) is 13.9. The normalized spacial score (nSPS) is 22.0. The SMILES string of the molecule is O=C(Nc1nc(C2CCC2)cs1)N1CCCN(C(=O)C2CC2)CC1. The minimum absolute atomic E-state index is 0.0924. The van der Waals surface area contributed by atoms with Crippen molar-refractivity contribution in [1.29, 1.82) is 0 Å². The number of carbonyl (C=O) groups is 2. The highest BCUT2D eigenvalue weighted by atomic mass is 32.1. The summed E-state index contributed by atoms with van der Waals surface area (Å²) in [4.78, 5) is 33.0. The number of rotatable bonds is 3.